The molecule has 1 saturated heterocycles. The predicted octanol–water partition coefficient (Wildman–Crippen LogP) is 3.93. The number of nitrogens with zero attached hydrogens (tertiary/aromatic N) is 1. The summed E-state index contributed by atoms with van der Waals surface area (Å²) in [6, 6.07) is 12.3. The maximum absolute atomic E-state index is 12.7. The smallest absolute Gasteiger partial charge is 0.230 e. The van der Waals surface area contributed by atoms with E-state index < -0.39 is 0 Å². The van der Waals surface area contributed by atoms with E-state index in [1.54, 1.807) is 0 Å². The number of anilines is 1. The summed E-state index contributed by atoms with van der Waals surface area (Å²) in [5, 5.41) is 8.05. The number of carbonyl (C=O) groups is 1. The fraction of sp³-hybridized carbons (Fsp3) is 0.273. The summed E-state index contributed by atoms with van der Waals surface area (Å²) < 4.78 is 6.95. The molecule has 0 aliphatic carbocycles. The van der Waals surface area contributed by atoms with Gasteiger partial charge in [0.2, 0.25) is 5.91 Å². The third kappa shape index (κ3) is 3.64. The summed E-state index contributed by atoms with van der Waals surface area (Å²) in [7, 11) is 0. The Balaban J connectivity index is 1.37. The molecule has 2 aromatic carbocycles. The summed E-state index contributed by atoms with van der Waals surface area (Å²) in [4.78, 5) is 20.6. The first-order valence-electron chi connectivity index (χ1n) is 9.75. The van der Waals surface area contributed by atoms with E-state index in [9.17, 15) is 4.79 Å². The molecule has 0 radical (unpaired) electrons. The number of para-hydroxylation sites is 1. The van der Waals surface area contributed by atoms with Crippen LogP contribution in [-0.4, -0.2) is 35.6 Å². The summed E-state index contributed by atoms with van der Waals surface area (Å²) in [5.41, 5.74) is 5.19. The molecule has 5 rings (SSSR count). The van der Waals surface area contributed by atoms with Crippen molar-refractivity contribution in [3.8, 4) is 0 Å². The van der Waals surface area contributed by atoms with Gasteiger partial charge in [-0.05, 0) is 30.7 Å². The monoisotopic (exact) mass is 406 g/mol. The van der Waals surface area contributed by atoms with Crippen molar-refractivity contribution in [2.24, 2.45) is 0 Å². The van der Waals surface area contributed by atoms with Crippen molar-refractivity contribution >= 4 is 43.5 Å². The van der Waals surface area contributed by atoms with Crippen LogP contribution >= 0.6 is 11.3 Å². The molecule has 1 aliphatic heterocycles. The van der Waals surface area contributed by atoms with Crippen LogP contribution in [0.3, 0.4) is 0 Å². The molecular weight excluding hydrogens is 384 g/mol. The number of aromatic amines is 1. The molecule has 3 heterocycles. The van der Waals surface area contributed by atoms with Crippen LogP contribution in [0.5, 0.6) is 0 Å². The van der Waals surface area contributed by atoms with Crippen molar-refractivity contribution < 1.29 is 9.53 Å². The Morgan fingerprint density at radius 1 is 1.34 bits per heavy atom. The Labute approximate surface area is 172 Å². The Kier molecular flexibility index (Phi) is 4.79. The van der Waals surface area contributed by atoms with Gasteiger partial charge in [0.05, 0.1) is 29.3 Å². The molecular formula is C22H22N4O2S. The Morgan fingerprint density at radius 2 is 2.28 bits per heavy atom. The number of ether oxygens (including phenoxy) is 1. The van der Waals surface area contributed by atoms with Gasteiger partial charge in [0, 0.05) is 35.8 Å². The lowest BCUT2D eigenvalue weighted by Crippen LogP contribution is -2.33. The van der Waals surface area contributed by atoms with Crippen LogP contribution in [0.25, 0.3) is 21.1 Å². The maximum atomic E-state index is 12.7. The van der Waals surface area contributed by atoms with Gasteiger partial charge < -0.3 is 20.4 Å². The zero-order chi connectivity index (χ0) is 19.8. The van der Waals surface area contributed by atoms with Crippen molar-refractivity contribution in [3.05, 3.63) is 59.3 Å². The topological polar surface area (TPSA) is 79.0 Å². The molecule has 2 aromatic heterocycles. The second-order valence-corrected chi connectivity index (χ2v) is 8.40. The van der Waals surface area contributed by atoms with E-state index in [1.807, 2.05) is 24.4 Å². The number of benzene rings is 2. The van der Waals surface area contributed by atoms with Crippen LogP contribution in [-0.2, 0) is 16.0 Å². The van der Waals surface area contributed by atoms with E-state index in [4.69, 9.17) is 9.72 Å². The number of amides is 1. The molecule has 6 nitrogen and oxygen atoms in total. The van der Waals surface area contributed by atoms with E-state index in [1.165, 1.54) is 16.9 Å². The summed E-state index contributed by atoms with van der Waals surface area (Å²) in [5.74, 6) is -0.0661. The lowest BCUT2D eigenvalue weighted by molar-refractivity contribution is -0.115. The zero-order valence-electron chi connectivity index (χ0n) is 16.1. The third-order valence-corrected chi connectivity index (χ3v) is 6.18. The van der Waals surface area contributed by atoms with Crippen molar-refractivity contribution in [2.75, 3.05) is 25.0 Å². The number of hydrogen-bond donors (Lipinski definition) is 3. The number of aryl methyl sites for hydroxylation is 1. The fourth-order valence-electron chi connectivity index (χ4n) is 3.82. The first-order valence-corrected chi connectivity index (χ1v) is 10.6. The van der Waals surface area contributed by atoms with Crippen LogP contribution in [0.4, 0.5) is 5.13 Å². The van der Waals surface area contributed by atoms with Crippen molar-refractivity contribution in [1.82, 2.24) is 15.3 Å². The molecule has 1 amide bonds. The molecule has 7 heteroatoms. The molecule has 1 aliphatic rings. The lowest BCUT2D eigenvalue weighted by Gasteiger charge is -2.24. The highest BCUT2D eigenvalue weighted by atomic mass is 32.1. The van der Waals surface area contributed by atoms with E-state index in [2.05, 4.69) is 40.7 Å². The molecule has 1 unspecified atom stereocenters. The number of fused-ring (bicyclic) bond motifs is 2. The molecule has 1 fully saturated rings. The highest BCUT2D eigenvalue weighted by Gasteiger charge is 2.20. The SMILES string of the molecule is Cc1ccc2[nH]cc(CC(=O)Nc3nc4c(C5CNCCO5)cccc4s3)c2c1. The van der Waals surface area contributed by atoms with Gasteiger partial charge in [-0.1, -0.05) is 35.1 Å². The molecule has 0 bridgehead atoms. The van der Waals surface area contributed by atoms with E-state index in [0.29, 0.717) is 18.2 Å². The standard InChI is InChI=1S/C22H22N4O2S/c1-13-5-6-17-16(9-13)14(11-24-17)10-20(27)25-22-26-21-15(3-2-4-19(21)29-22)18-12-23-7-8-28-18/h2-6,9,11,18,23-24H,7-8,10,12H2,1H3,(H,25,26,27). The van der Waals surface area contributed by atoms with Gasteiger partial charge in [0.15, 0.2) is 5.13 Å². The number of rotatable bonds is 4. The van der Waals surface area contributed by atoms with Crippen LogP contribution in [0.2, 0.25) is 0 Å². The number of thiazole rings is 1. The second-order valence-electron chi connectivity index (χ2n) is 7.36. The number of H-pyrrole nitrogens is 1. The van der Waals surface area contributed by atoms with E-state index >= 15 is 0 Å². The number of nitrogens with one attached hydrogen (secondary N) is 3. The van der Waals surface area contributed by atoms with Gasteiger partial charge in [-0.2, -0.15) is 0 Å². The quantitative estimate of drug-likeness (QED) is 0.480. The van der Waals surface area contributed by atoms with Crippen LogP contribution < -0.4 is 10.6 Å². The summed E-state index contributed by atoms with van der Waals surface area (Å²) in [6.45, 7) is 4.40. The Hall–Kier alpha value is -2.74. The zero-order valence-corrected chi connectivity index (χ0v) is 16.9. The minimum Gasteiger partial charge on any atom is -0.371 e. The molecule has 148 valence electrons. The molecule has 29 heavy (non-hydrogen) atoms. The van der Waals surface area contributed by atoms with E-state index in [-0.39, 0.29) is 12.0 Å². The number of aromatic nitrogens is 2. The van der Waals surface area contributed by atoms with Gasteiger partial charge in [-0.25, -0.2) is 4.98 Å². The summed E-state index contributed by atoms with van der Waals surface area (Å²) in [6.07, 6.45) is 2.21. The Bertz CT molecular complexity index is 1190. The van der Waals surface area contributed by atoms with Crippen LogP contribution in [0.1, 0.15) is 22.8 Å². The van der Waals surface area contributed by atoms with Gasteiger partial charge in [-0.3, -0.25) is 4.79 Å². The van der Waals surface area contributed by atoms with Crippen LogP contribution in [0.15, 0.2) is 42.6 Å². The second kappa shape index (κ2) is 7.59. The molecule has 1 atom stereocenters. The number of hydrogen-bond acceptors (Lipinski definition) is 5. The largest absolute Gasteiger partial charge is 0.371 e. The normalized spacial score (nSPS) is 17.1. The van der Waals surface area contributed by atoms with Gasteiger partial charge in [0.25, 0.3) is 0 Å². The first-order chi connectivity index (χ1) is 14.2. The maximum Gasteiger partial charge on any atom is 0.230 e. The third-order valence-electron chi connectivity index (χ3n) is 5.24. The van der Waals surface area contributed by atoms with Crippen molar-refractivity contribution in [1.29, 1.82) is 0 Å². The summed E-state index contributed by atoms with van der Waals surface area (Å²) >= 11 is 1.50. The average molecular weight is 407 g/mol. The van der Waals surface area contributed by atoms with Crippen LogP contribution in [0, 0.1) is 6.92 Å². The first kappa shape index (κ1) is 18.3. The van der Waals surface area contributed by atoms with Gasteiger partial charge >= 0.3 is 0 Å². The molecule has 0 spiro atoms. The van der Waals surface area contributed by atoms with Gasteiger partial charge in [-0.15, -0.1) is 0 Å². The highest BCUT2D eigenvalue weighted by molar-refractivity contribution is 7.22. The molecule has 3 N–H and O–H groups in total. The Morgan fingerprint density at radius 3 is 3.14 bits per heavy atom. The van der Waals surface area contributed by atoms with E-state index in [0.717, 1.165) is 45.3 Å². The predicted molar refractivity (Wildman–Crippen MR) is 117 cm³/mol. The van der Waals surface area contributed by atoms with Crippen molar-refractivity contribution in [3.63, 3.8) is 0 Å². The molecule has 0 saturated carbocycles. The van der Waals surface area contributed by atoms with Gasteiger partial charge in [0.1, 0.15) is 0 Å². The number of carbonyl (C=O) groups excluding carboxylic acids is 1. The minimum absolute atomic E-state index is 0.00689. The lowest BCUT2D eigenvalue weighted by atomic mass is 10.1. The number of morpholine rings is 1. The fourth-order valence-corrected chi connectivity index (χ4v) is 4.74. The molecule has 4 aromatic rings. The van der Waals surface area contributed by atoms with Crippen molar-refractivity contribution in [2.45, 2.75) is 19.4 Å². The average Bonchev–Trinajstić information content (AvgIpc) is 3.31. The minimum atomic E-state index is -0.0661. The highest BCUT2D eigenvalue weighted by Crippen LogP contribution is 2.33.